The second kappa shape index (κ2) is 7.24. The van der Waals surface area contributed by atoms with E-state index in [0.29, 0.717) is 23.1 Å². The van der Waals surface area contributed by atoms with Crippen molar-refractivity contribution in [2.24, 2.45) is 35.5 Å². The van der Waals surface area contributed by atoms with Crippen molar-refractivity contribution >= 4 is 29.3 Å². The molecule has 2 aromatic carbocycles. The van der Waals surface area contributed by atoms with E-state index in [9.17, 15) is 19.2 Å². The van der Waals surface area contributed by atoms with Crippen LogP contribution in [0.2, 0.25) is 0 Å². The lowest BCUT2D eigenvalue weighted by Crippen LogP contribution is -2.40. The molecule has 6 heteroatoms. The van der Waals surface area contributed by atoms with Crippen LogP contribution in [0.3, 0.4) is 0 Å². The Morgan fingerprint density at radius 2 is 1.48 bits per heavy atom. The number of amides is 2. The summed E-state index contributed by atoms with van der Waals surface area (Å²) >= 11 is 0. The average molecular weight is 441 g/mol. The van der Waals surface area contributed by atoms with Crippen LogP contribution in [0.1, 0.15) is 34.1 Å². The number of carbonyl (C=O) groups excluding carboxylic acids is 4. The first-order valence-corrected chi connectivity index (χ1v) is 11.4. The standard InChI is InChI=1S/C27H23NO5/c1-14(24(29)15-6-3-2-4-7-15)33-27(32)16-8-5-9-17(12-16)28-25(30)22-18-10-11-19(21-13-20(18)21)23(22)26(28)31/h2-12,14,18-23H,13H2,1H3/t14-,18-,19-,20-,21+,22-,23+/m0/s1. The summed E-state index contributed by atoms with van der Waals surface area (Å²) in [4.78, 5) is 53.2. The fourth-order valence-electron chi connectivity index (χ4n) is 6.10. The van der Waals surface area contributed by atoms with E-state index >= 15 is 0 Å². The summed E-state index contributed by atoms with van der Waals surface area (Å²) in [5, 5.41) is 0. The minimum Gasteiger partial charge on any atom is -0.451 e. The minimum absolute atomic E-state index is 0.143. The van der Waals surface area contributed by atoms with Gasteiger partial charge in [-0.05, 0) is 55.2 Å². The van der Waals surface area contributed by atoms with Gasteiger partial charge in [0.15, 0.2) is 6.10 Å². The third-order valence-corrected chi connectivity index (χ3v) is 7.71. The average Bonchev–Trinajstić information content (AvgIpc) is 3.62. The van der Waals surface area contributed by atoms with Crippen LogP contribution in [-0.2, 0) is 14.3 Å². The molecule has 0 spiro atoms. The highest BCUT2D eigenvalue weighted by Gasteiger charge is 2.67. The molecule has 5 aliphatic rings. The van der Waals surface area contributed by atoms with Crippen LogP contribution < -0.4 is 4.90 Å². The van der Waals surface area contributed by atoms with Crippen molar-refractivity contribution in [3.63, 3.8) is 0 Å². The molecule has 7 atom stereocenters. The van der Waals surface area contributed by atoms with Crippen LogP contribution >= 0.6 is 0 Å². The Balaban J connectivity index is 1.22. The molecule has 0 unspecified atom stereocenters. The van der Waals surface area contributed by atoms with Gasteiger partial charge in [0.2, 0.25) is 17.6 Å². The first kappa shape index (κ1) is 20.1. The van der Waals surface area contributed by atoms with E-state index in [1.54, 1.807) is 48.5 Å². The van der Waals surface area contributed by atoms with E-state index in [1.165, 1.54) is 17.9 Å². The summed E-state index contributed by atoms with van der Waals surface area (Å²) in [5.41, 5.74) is 1.03. The van der Waals surface area contributed by atoms with Crippen LogP contribution in [-0.4, -0.2) is 29.7 Å². The van der Waals surface area contributed by atoms with Crippen molar-refractivity contribution in [3.8, 4) is 0 Å². The smallest absolute Gasteiger partial charge is 0.338 e. The summed E-state index contributed by atoms with van der Waals surface area (Å²) in [6, 6.07) is 15.0. The lowest BCUT2D eigenvalue weighted by Gasteiger charge is -2.37. The lowest BCUT2D eigenvalue weighted by atomic mass is 9.63. The third-order valence-electron chi connectivity index (χ3n) is 7.71. The summed E-state index contributed by atoms with van der Waals surface area (Å²) in [7, 11) is 0. The zero-order valence-corrected chi connectivity index (χ0v) is 18.1. The molecule has 1 aliphatic heterocycles. The molecular formula is C27H23NO5. The van der Waals surface area contributed by atoms with Gasteiger partial charge in [-0.3, -0.25) is 14.4 Å². The van der Waals surface area contributed by atoms with Crippen LogP contribution in [0.4, 0.5) is 5.69 Å². The lowest BCUT2D eigenvalue weighted by molar-refractivity contribution is -0.124. The second-order valence-corrected chi connectivity index (χ2v) is 9.49. The molecule has 2 aromatic rings. The molecule has 3 fully saturated rings. The van der Waals surface area contributed by atoms with Gasteiger partial charge in [-0.25, -0.2) is 9.69 Å². The van der Waals surface area contributed by atoms with Crippen molar-refractivity contribution in [1.29, 1.82) is 0 Å². The normalized spacial score (nSPS) is 31.7. The van der Waals surface area contributed by atoms with Gasteiger partial charge in [0.25, 0.3) is 0 Å². The van der Waals surface area contributed by atoms with Crippen molar-refractivity contribution in [3.05, 3.63) is 77.9 Å². The topological polar surface area (TPSA) is 80.8 Å². The predicted octanol–water partition coefficient (Wildman–Crippen LogP) is 3.67. The van der Waals surface area contributed by atoms with Crippen LogP contribution in [0.15, 0.2) is 66.7 Å². The highest BCUT2D eigenvalue weighted by molar-refractivity contribution is 6.23. The van der Waals surface area contributed by atoms with E-state index in [2.05, 4.69) is 12.2 Å². The van der Waals surface area contributed by atoms with E-state index in [1.807, 2.05) is 0 Å². The van der Waals surface area contributed by atoms with Gasteiger partial charge >= 0.3 is 5.97 Å². The second-order valence-electron chi connectivity index (χ2n) is 9.49. The number of anilines is 1. The molecule has 2 bridgehead atoms. The molecule has 2 amide bonds. The molecule has 166 valence electrons. The quantitative estimate of drug-likeness (QED) is 0.306. The van der Waals surface area contributed by atoms with Crippen molar-refractivity contribution in [2.75, 3.05) is 4.90 Å². The molecule has 4 aliphatic carbocycles. The maximum atomic E-state index is 13.3. The number of hydrogen-bond donors (Lipinski definition) is 0. The first-order chi connectivity index (χ1) is 16.0. The van der Waals surface area contributed by atoms with Gasteiger partial charge in [0, 0.05) is 5.56 Å². The number of rotatable bonds is 5. The van der Waals surface area contributed by atoms with E-state index in [-0.39, 0.29) is 46.8 Å². The highest BCUT2D eigenvalue weighted by atomic mass is 16.5. The fourth-order valence-corrected chi connectivity index (χ4v) is 6.10. The molecule has 1 saturated heterocycles. The molecule has 1 heterocycles. The Hall–Kier alpha value is -3.54. The molecule has 33 heavy (non-hydrogen) atoms. The molecule has 6 nitrogen and oxygen atoms in total. The monoisotopic (exact) mass is 441 g/mol. The van der Waals surface area contributed by atoms with Crippen LogP contribution in [0, 0.1) is 35.5 Å². The van der Waals surface area contributed by atoms with Crippen molar-refractivity contribution < 1.29 is 23.9 Å². The van der Waals surface area contributed by atoms with Crippen molar-refractivity contribution in [1.82, 2.24) is 0 Å². The number of imide groups is 1. The number of esters is 1. The van der Waals surface area contributed by atoms with Gasteiger partial charge in [-0.2, -0.15) is 0 Å². The number of nitrogens with zero attached hydrogens (tertiary/aromatic N) is 1. The van der Waals surface area contributed by atoms with Gasteiger partial charge in [-0.1, -0.05) is 48.6 Å². The van der Waals surface area contributed by atoms with Crippen LogP contribution in [0.25, 0.3) is 0 Å². The van der Waals surface area contributed by atoms with E-state index in [4.69, 9.17) is 4.74 Å². The number of allylic oxidation sites excluding steroid dienone is 2. The molecule has 7 rings (SSSR count). The van der Waals surface area contributed by atoms with Gasteiger partial charge in [0.05, 0.1) is 23.1 Å². The minimum atomic E-state index is -0.963. The summed E-state index contributed by atoms with van der Waals surface area (Å²) in [5.74, 6) is -0.560. The Bertz CT molecular complexity index is 1180. The molecule has 0 N–H and O–H groups in total. The summed E-state index contributed by atoms with van der Waals surface area (Å²) in [6.07, 6.45) is 4.41. The summed E-state index contributed by atoms with van der Waals surface area (Å²) in [6.45, 7) is 1.53. The number of ether oxygens (including phenoxy) is 1. The van der Waals surface area contributed by atoms with Crippen LogP contribution in [0.5, 0.6) is 0 Å². The number of Topliss-reactive ketones (excluding diaryl/α,β-unsaturated/α-hetero) is 1. The zero-order chi connectivity index (χ0) is 22.9. The fraction of sp³-hybridized carbons (Fsp3) is 0.333. The molecular weight excluding hydrogens is 418 g/mol. The summed E-state index contributed by atoms with van der Waals surface area (Å²) < 4.78 is 5.40. The maximum Gasteiger partial charge on any atom is 0.338 e. The van der Waals surface area contributed by atoms with Gasteiger partial charge in [0.1, 0.15) is 0 Å². The van der Waals surface area contributed by atoms with Gasteiger partial charge < -0.3 is 4.74 Å². The maximum absolute atomic E-state index is 13.3. The van der Waals surface area contributed by atoms with E-state index in [0.717, 1.165) is 6.42 Å². The number of hydrogen-bond acceptors (Lipinski definition) is 5. The highest BCUT2D eigenvalue weighted by Crippen LogP contribution is 2.65. The Morgan fingerprint density at radius 3 is 2.12 bits per heavy atom. The molecule has 2 saturated carbocycles. The Morgan fingerprint density at radius 1 is 0.879 bits per heavy atom. The predicted molar refractivity (Wildman–Crippen MR) is 119 cm³/mol. The first-order valence-electron chi connectivity index (χ1n) is 11.4. The third kappa shape index (κ3) is 3.00. The van der Waals surface area contributed by atoms with E-state index < -0.39 is 12.1 Å². The molecule has 0 aromatic heterocycles. The number of carbonyl (C=O) groups is 4. The number of benzene rings is 2. The van der Waals surface area contributed by atoms with Gasteiger partial charge in [-0.15, -0.1) is 0 Å². The number of ketones is 1. The molecule has 0 radical (unpaired) electrons. The SMILES string of the molecule is C[C@H](OC(=O)c1cccc(N2C(=O)[C@@H]3[C@H]4C=C[C@@H]([C@@H]5C[C@H]45)[C@@H]3C2=O)c1)C(=O)c1ccccc1. The zero-order valence-electron chi connectivity index (χ0n) is 18.1. The Kier molecular flexibility index (Phi) is 4.41. The largest absolute Gasteiger partial charge is 0.451 e. The van der Waals surface area contributed by atoms with Crippen molar-refractivity contribution in [2.45, 2.75) is 19.4 Å². The Labute approximate surface area is 191 Å².